The van der Waals surface area contributed by atoms with E-state index in [4.69, 9.17) is 23.2 Å². The highest BCUT2D eigenvalue weighted by molar-refractivity contribution is 6.31. The maximum Gasteiger partial charge on any atom is 0.270 e. The second-order valence-electron chi connectivity index (χ2n) is 6.95. The zero-order valence-electron chi connectivity index (χ0n) is 15.4. The van der Waals surface area contributed by atoms with E-state index in [-0.39, 0.29) is 5.91 Å². The first kappa shape index (κ1) is 18.2. The minimum Gasteiger partial charge on any atom is -0.368 e. The number of piperazine rings is 1. The van der Waals surface area contributed by atoms with Crippen LogP contribution in [0.5, 0.6) is 0 Å². The SMILES string of the molecule is Cc1c(C(=O)N2CCN(c3cccc(Cl)c3)CC2)n(C)c2ccc(Cl)cc12. The van der Waals surface area contributed by atoms with Gasteiger partial charge in [0.2, 0.25) is 0 Å². The Labute approximate surface area is 168 Å². The largest absolute Gasteiger partial charge is 0.368 e. The number of rotatable bonds is 2. The summed E-state index contributed by atoms with van der Waals surface area (Å²) < 4.78 is 1.98. The first-order chi connectivity index (χ1) is 13.0. The number of nitrogens with zero attached hydrogens (tertiary/aromatic N) is 3. The van der Waals surface area contributed by atoms with Crippen LogP contribution in [0.1, 0.15) is 16.1 Å². The fraction of sp³-hybridized carbons (Fsp3) is 0.286. The van der Waals surface area contributed by atoms with Crippen molar-refractivity contribution in [3.05, 3.63) is 63.8 Å². The van der Waals surface area contributed by atoms with Gasteiger partial charge in [0.25, 0.3) is 5.91 Å². The van der Waals surface area contributed by atoms with Crippen molar-refractivity contribution in [3.63, 3.8) is 0 Å². The van der Waals surface area contributed by atoms with Crippen molar-refractivity contribution in [3.8, 4) is 0 Å². The summed E-state index contributed by atoms with van der Waals surface area (Å²) in [4.78, 5) is 17.4. The number of benzene rings is 2. The Hall–Kier alpha value is -2.17. The van der Waals surface area contributed by atoms with Gasteiger partial charge >= 0.3 is 0 Å². The summed E-state index contributed by atoms with van der Waals surface area (Å²) in [7, 11) is 1.94. The molecule has 0 aliphatic carbocycles. The van der Waals surface area contributed by atoms with Crippen molar-refractivity contribution < 1.29 is 4.79 Å². The van der Waals surface area contributed by atoms with Crippen molar-refractivity contribution in [1.29, 1.82) is 0 Å². The number of fused-ring (bicyclic) bond motifs is 1. The third-order valence-corrected chi connectivity index (χ3v) is 5.83. The first-order valence-electron chi connectivity index (χ1n) is 9.00. The fourth-order valence-electron chi connectivity index (χ4n) is 3.89. The van der Waals surface area contributed by atoms with E-state index in [1.165, 1.54) is 0 Å². The molecule has 1 aliphatic heterocycles. The molecule has 1 fully saturated rings. The summed E-state index contributed by atoms with van der Waals surface area (Å²) in [5.41, 5.74) is 3.85. The Bertz CT molecular complexity index is 1020. The zero-order chi connectivity index (χ0) is 19.1. The molecule has 1 saturated heterocycles. The van der Waals surface area contributed by atoms with E-state index >= 15 is 0 Å². The lowest BCUT2D eigenvalue weighted by molar-refractivity contribution is 0.0737. The number of aromatic nitrogens is 1. The summed E-state index contributed by atoms with van der Waals surface area (Å²) in [6, 6.07) is 13.6. The molecular weight excluding hydrogens is 381 g/mol. The van der Waals surface area contributed by atoms with E-state index in [1.54, 1.807) is 0 Å². The Kier molecular flexibility index (Phi) is 4.79. The third kappa shape index (κ3) is 3.28. The van der Waals surface area contributed by atoms with Crippen LogP contribution in [0.4, 0.5) is 5.69 Å². The monoisotopic (exact) mass is 401 g/mol. The molecule has 1 aliphatic rings. The summed E-state index contributed by atoms with van der Waals surface area (Å²) in [5, 5.41) is 2.45. The predicted octanol–water partition coefficient (Wildman–Crippen LogP) is 4.76. The number of halogens is 2. The van der Waals surface area contributed by atoms with E-state index < -0.39 is 0 Å². The van der Waals surface area contributed by atoms with Crippen LogP contribution in [0.15, 0.2) is 42.5 Å². The van der Waals surface area contributed by atoms with Crippen LogP contribution in [-0.4, -0.2) is 41.6 Å². The maximum atomic E-state index is 13.2. The van der Waals surface area contributed by atoms with Gasteiger partial charge in [0, 0.05) is 59.9 Å². The first-order valence-corrected chi connectivity index (χ1v) is 9.75. The summed E-state index contributed by atoms with van der Waals surface area (Å²) >= 11 is 12.3. The van der Waals surface area contributed by atoms with Crippen LogP contribution in [-0.2, 0) is 7.05 Å². The fourth-order valence-corrected chi connectivity index (χ4v) is 4.25. The number of hydrogen-bond donors (Lipinski definition) is 0. The number of carbonyl (C=O) groups is 1. The quantitative estimate of drug-likeness (QED) is 0.619. The topological polar surface area (TPSA) is 28.5 Å². The third-order valence-electron chi connectivity index (χ3n) is 5.36. The van der Waals surface area contributed by atoms with E-state index in [2.05, 4.69) is 11.0 Å². The Balaban J connectivity index is 1.56. The molecule has 1 aromatic heterocycles. The van der Waals surface area contributed by atoms with Gasteiger partial charge in [0.05, 0.1) is 0 Å². The van der Waals surface area contributed by atoms with Crippen LogP contribution in [0.3, 0.4) is 0 Å². The average Bonchev–Trinajstić information content (AvgIpc) is 2.91. The predicted molar refractivity (Wildman–Crippen MR) is 112 cm³/mol. The zero-order valence-corrected chi connectivity index (χ0v) is 16.9. The van der Waals surface area contributed by atoms with Crippen molar-refractivity contribution >= 4 is 45.7 Å². The van der Waals surface area contributed by atoms with Crippen molar-refractivity contribution in [1.82, 2.24) is 9.47 Å². The summed E-state index contributed by atoms with van der Waals surface area (Å²) in [6.45, 7) is 4.95. The molecule has 1 amide bonds. The summed E-state index contributed by atoms with van der Waals surface area (Å²) in [5.74, 6) is 0.0769. The van der Waals surface area contributed by atoms with Crippen molar-refractivity contribution in [2.45, 2.75) is 6.92 Å². The molecule has 0 atom stereocenters. The second kappa shape index (κ2) is 7.10. The van der Waals surface area contributed by atoms with E-state index in [1.807, 2.05) is 59.8 Å². The second-order valence-corrected chi connectivity index (χ2v) is 7.83. The van der Waals surface area contributed by atoms with Gasteiger partial charge in [0.15, 0.2) is 0 Å². The molecule has 0 bridgehead atoms. The van der Waals surface area contributed by atoms with Crippen molar-refractivity contribution in [2.24, 2.45) is 7.05 Å². The molecule has 3 aromatic rings. The highest BCUT2D eigenvalue weighted by Crippen LogP contribution is 2.29. The van der Waals surface area contributed by atoms with Crippen LogP contribution < -0.4 is 4.90 Å². The normalized spacial score (nSPS) is 14.8. The molecule has 2 aromatic carbocycles. The van der Waals surface area contributed by atoms with Gasteiger partial charge in [0.1, 0.15) is 5.69 Å². The van der Waals surface area contributed by atoms with E-state index in [9.17, 15) is 4.79 Å². The van der Waals surface area contributed by atoms with Crippen LogP contribution >= 0.6 is 23.2 Å². The number of aryl methyl sites for hydroxylation is 2. The Morgan fingerprint density at radius 3 is 2.37 bits per heavy atom. The lowest BCUT2D eigenvalue weighted by Gasteiger charge is -2.36. The lowest BCUT2D eigenvalue weighted by atomic mass is 10.1. The molecular formula is C21H21Cl2N3O. The van der Waals surface area contributed by atoms with Crippen LogP contribution in [0.25, 0.3) is 10.9 Å². The molecule has 0 N–H and O–H groups in total. The Morgan fingerprint density at radius 2 is 1.67 bits per heavy atom. The van der Waals surface area contributed by atoms with Gasteiger partial charge in [-0.25, -0.2) is 0 Å². The van der Waals surface area contributed by atoms with E-state index in [0.29, 0.717) is 18.1 Å². The van der Waals surface area contributed by atoms with Gasteiger partial charge < -0.3 is 14.4 Å². The minimum absolute atomic E-state index is 0.0769. The van der Waals surface area contributed by atoms with Gasteiger partial charge in [-0.15, -0.1) is 0 Å². The van der Waals surface area contributed by atoms with Crippen LogP contribution in [0, 0.1) is 6.92 Å². The van der Waals surface area contributed by atoms with E-state index in [0.717, 1.165) is 46.0 Å². The lowest BCUT2D eigenvalue weighted by Crippen LogP contribution is -2.49. The summed E-state index contributed by atoms with van der Waals surface area (Å²) in [6.07, 6.45) is 0. The molecule has 27 heavy (non-hydrogen) atoms. The molecule has 0 saturated carbocycles. The minimum atomic E-state index is 0.0769. The maximum absolute atomic E-state index is 13.2. The van der Waals surface area contributed by atoms with Gasteiger partial charge in [-0.05, 0) is 48.9 Å². The molecule has 2 heterocycles. The van der Waals surface area contributed by atoms with Gasteiger partial charge in [-0.2, -0.15) is 0 Å². The highest BCUT2D eigenvalue weighted by atomic mass is 35.5. The number of anilines is 1. The molecule has 4 rings (SSSR count). The highest BCUT2D eigenvalue weighted by Gasteiger charge is 2.26. The van der Waals surface area contributed by atoms with Crippen LogP contribution in [0.2, 0.25) is 10.0 Å². The molecule has 140 valence electrons. The number of amides is 1. The number of hydrogen-bond acceptors (Lipinski definition) is 2. The molecule has 0 spiro atoms. The van der Waals surface area contributed by atoms with Gasteiger partial charge in [-0.3, -0.25) is 4.79 Å². The van der Waals surface area contributed by atoms with Crippen molar-refractivity contribution in [2.75, 3.05) is 31.1 Å². The molecule has 4 nitrogen and oxygen atoms in total. The smallest absolute Gasteiger partial charge is 0.270 e. The Morgan fingerprint density at radius 1 is 0.963 bits per heavy atom. The molecule has 6 heteroatoms. The standard InChI is InChI=1S/C21H21Cl2N3O/c1-14-18-13-16(23)6-7-19(18)24(2)20(14)21(27)26-10-8-25(9-11-26)17-5-3-4-15(22)12-17/h3-7,12-13H,8-11H2,1-2H3. The average molecular weight is 402 g/mol. The number of carbonyl (C=O) groups excluding carboxylic acids is 1. The van der Waals surface area contributed by atoms with Gasteiger partial charge in [-0.1, -0.05) is 29.3 Å². The molecule has 0 radical (unpaired) electrons. The molecule has 0 unspecified atom stereocenters.